The van der Waals surface area contributed by atoms with Crippen LogP contribution < -0.4 is 0 Å². The number of rotatable bonds is 5. The van der Waals surface area contributed by atoms with E-state index in [9.17, 15) is 14.4 Å². The Labute approximate surface area is 193 Å². The summed E-state index contributed by atoms with van der Waals surface area (Å²) in [5, 5.41) is 0. The van der Waals surface area contributed by atoms with Crippen LogP contribution in [0.2, 0.25) is 0 Å². The molecule has 0 N–H and O–H groups in total. The van der Waals surface area contributed by atoms with Crippen molar-refractivity contribution in [3.8, 4) is 0 Å². The zero-order valence-electron chi connectivity index (χ0n) is 20.0. The number of carbonyl (C=O) groups excluding carboxylic acids is 3. The SMILES string of the molecule is C=C1C(=O)OC2C1C(OC(=O)C1(C)OC1C)CC(C)=C1C(OC(=O)C(C)CC)C3OC3(C)C12. The van der Waals surface area contributed by atoms with Crippen LogP contribution in [0, 0.1) is 17.8 Å². The van der Waals surface area contributed by atoms with E-state index in [-0.39, 0.29) is 30.0 Å². The molecule has 0 spiro atoms. The predicted octanol–water partition coefficient (Wildman–Crippen LogP) is 2.64. The highest BCUT2D eigenvalue weighted by Crippen LogP contribution is 2.63. The van der Waals surface area contributed by atoms with Crippen molar-refractivity contribution in [1.82, 2.24) is 0 Å². The molecule has 0 bridgehead atoms. The van der Waals surface area contributed by atoms with Crippen molar-refractivity contribution in [2.45, 2.75) is 96.1 Å². The lowest BCUT2D eigenvalue weighted by Gasteiger charge is -2.30. The van der Waals surface area contributed by atoms with Gasteiger partial charge in [-0.2, -0.15) is 0 Å². The number of esters is 3. The molecule has 10 unspecified atom stereocenters. The van der Waals surface area contributed by atoms with Gasteiger partial charge in [-0.25, -0.2) is 9.59 Å². The minimum atomic E-state index is -0.978. The molecule has 5 rings (SSSR count). The predicted molar refractivity (Wildman–Crippen MR) is 115 cm³/mol. The van der Waals surface area contributed by atoms with Crippen LogP contribution in [-0.4, -0.2) is 59.6 Å². The van der Waals surface area contributed by atoms with Gasteiger partial charge in [0.05, 0.1) is 23.9 Å². The lowest BCUT2D eigenvalue weighted by molar-refractivity contribution is -0.159. The first kappa shape index (κ1) is 22.6. The van der Waals surface area contributed by atoms with Gasteiger partial charge in [-0.1, -0.05) is 26.0 Å². The quantitative estimate of drug-likeness (QED) is 0.203. The standard InChI is InChI=1S/C25H32O8/c1-8-10(2)21(26)31-19-15-11(3)9-14(29-23(28)24(6)13(5)32-24)16-12(4)22(27)30-18(16)17(15)25(7)20(19)33-25/h10,13-14,16-20H,4,8-9H2,1-3,5-7H3. The maximum Gasteiger partial charge on any atom is 0.341 e. The van der Waals surface area contributed by atoms with Gasteiger partial charge < -0.3 is 23.7 Å². The maximum atomic E-state index is 12.9. The first-order valence-electron chi connectivity index (χ1n) is 11.8. The highest BCUT2D eigenvalue weighted by molar-refractivity contribution is 5.91. The monoisotopic (exact) mass is 460 g/mol. The van der Waals surface area contributed by atoms with E-state index in [2.05, 4.69) is 6.58 Å². The Hall–Kier alpha value is -2.19. The van der Waals surface area contributed by atoms with Crippen molar-refractivity contribution in [1.29, 1.82) is 0 Å². The van der Waals surface area contributed by atoms with Gasteiger partial charge in [-0.15, -0.1) is 0 Å². The highest BCUT2D eigenvalue weighted by atomic mass is 16.7. The van der Waals surface area contributed by atoms with Crippen LogP contribution in [0.4, 0.5) is 0 Å². The summed E-state index contributed by atoms with van der Waals surface area (Å²) in [5.41, 5.74) is 0.578. The summed E-state index contributed by atoms with van der Waals surface area (Å²) >= 11 is 0. The highest BCUT2D eigenvalue weighted by Gasteiger charge is 2.75. The second kappa shape index (κ2) is 7.15. The molecule has 1 saturated carbocycles. The first-order valence-corrected chi connectivity index (χ1v) is 11.8. The third kappa shape index (κ3) is 3.13. The maximum absolute atomic E-state index is 12.9. The van der Waals surface area contributed by atoms with Crippen molar-refractivity contribution in [2.24, 2.45) is 17.8 Å². The van der Waals surface area contributed by atoms with Gasteiger partial charge in [0.1, 0.15) is 23.9 Å². The van der Waals surface area contributed by atoms with E-state index in [0.29, 0.717) is 18.4 Å². The average molecular weight is 461 g/mol. The summed E-state index contributed by atoms with van der Waals surface area (Å²) < 4.78 is 29.2. The van der Waals surface area contributed by atoms with E-state index in [4.69, 9.17) is 23.7 Å². The molecule has 33 heavy (non-hydrogen) atoms. The van der Waals surface area contributed by atoms with Gasteiger partial charge in [0, 0.05) is 12.0 Å². The molecular formula is C25H32O8. The number of hydrogen-bond acceptors (Lipinski definition) is 8. The number of epoxide rings is 2. The zero-order chi connectivity index (χ0) is 24.0. The molecule has 8 heteroatoms. The second-order valence-corrected chi connectivity index (χ2v) is 10.5. The Morgan fingerprint density at radius 1 is 1.24 bits per heavy atom. The third-order valence-electron chi connectivity index (χ3n) is 8.48. The normalized spacial score (nSPS) is 45.9. The molecule has 0 aromatic heterocycles. The Morgan fingerprint density at radius 2 is 1.91 bits per heavy atom. The lowest BCUT2D eigenvalue weighted by atomic mass is 9.80. The van der Waals surface area contributed by atoms with Crippen molar-refractivity contribution in [3.05, 3.63) is 23.3 Å². The molecule has 5 aliphatic rings. The Balaban J connectivity index is 1.51. The molecule has 0 amide bonds. The van der Waals surface area contributed by atoms with Gasteiger partial charge in [-0.3, -0.25) is 4.79 Å². The van der Waals surface area contributed by atoms with Crippen molar-refractivity contribution >= 4 is 17.9 Å². The molecule has 0 aromatic rings. The van der Waals surface area contributed by atoms with E-state index in [1.54, 1.807) is 6.92 Å². The molecule has 4 fully saturated rings. The molecule has 8 nitrogen and oxygen atoms in total. The minimum Gasteiger partial charge on any atom is -0.459 e. The van der Waals surface area contributed by atoms with Gasteiger partial charge in [0.25, 0.3) is 0 Å². The number of carbonyl (C=O) groups is 3. The summed E-state index contributed by atoms with van der Waals surface area (Å²) in [6.45, 7) is 15.2. The van der Waals surface area contributed by atoms with Crippen LogP contribution in [0.1, 0.15) is 54.4 Å². The second-order valence-electron chi connectivity index (χ2n) is 10.5. The molecule has 3 aliphatic heterocycles. The van der Waals surface area contributed by atoms with E-state index >= 15 is 0 Å². The molecule has 0 radical (unpaired) electrons. The topological polar surface area (TPSA) is 104 Å². The number of fused-ring (bicyclic) bond motifs is 5. The summed E-state index contributed by atoms with van der Waals surface area (Å²) in [6.07, 6.45) is -1.24. The molecule has 3 heterocycles. The fraction of sp³-hybridized carbons (Fsp3) is 0.720. The number of ether oxygens (including phenoxy) is 5. The summed E-state index contributed by atoms with van der Waals surface area (Å²) in [7, 11) is 0. The fourth-order valence-corrected chi connectivity index (χ4v) is 5.83. The molecule has 0 aromatic carbocycles. The summed E-state index contributed by atoms with van der Waals surface area (Å²) in [5.74, 6) is -2.27. The van der Waals surface area contributed by atoms with E-state index in [1.165, 1.54) is 0 Å². The van der Waals surface area contributed by atoms with Crippen molar-refractivity contribution in [2.75, 3.05) is 0 Å². The van der Waals surface area contributed by atoms with Crippen LogP contribution in [0.5, 0.6) is 0 Å². The lowest BCUT2D eigenvalue weighted by Crippen LogP contribution is -2.41. The van der Waals surface area contributed by atoms with Crippen LogP contribution >= 0.6 is 0 Å². The zero-order valence-corrected chi connectivity index (χ0v) is 20.0. The number of hydrogen-bond donors (Lipinski definition) is 0. The summed E-state index contributed by atoms with van der Waals surface area (Å²) in [4.78, 5) is 38.2. The van der Waals surface area contributed by atoms with Crippen LogP contribution in [0.15, 0.2) is 23.3 Å². The Bertz CT molecular complexity index is 983. The first-order chi connectivity index (χ1) is 15.4. The van der Waals surface area contributed by atoms with Gasteiger partial charge >= 0.3 is 17.9 Å². The smallest absolute Gasteiger partial charge is 0.341 e. The van der Waals surface area contributed by atoms with Crippen LogP contribution in [0.25, 0.3) is 0 Å². The molecule has 2 aliphatic carbocycles. The Morgan fingerprint density at radius 3 is 2.52 bits per heavy atom. The molecular weight excluding hydrogens is 428 g/mol. The largest absolute Gasteiger partial charge is 0.459 e. The fourth-order valence-electron chi connectivity index (χ4n) is 5.83. The van der Waals surface area contributed by atoms with E-state index in [0.717, 1.165) is 11.1 Å². The van der Waals surface area contributed by atoms with Gasteiger partial charge in [-0.05, 0) is 39.7 Å². The molecule has 3 saturated heterocycles. The van der Waals surface area contributed by atoms with E-state index < -0.39 is 47.4 Å². The molecule has 10 atom stereocenters. The minimum absolute atomic E-state index is 0.223. The van der Waals surface area contributed by atoms with Crippen molar-refractivity contribution < 1.29 is 38.1 Å². The van der Waals surface area contributed by atoms with Crippen LogP contribution in [0.3, 0.4) is 0 Å². The van der Waals surface area contributed by atoms with Crippen molar-refractivity contribution in [3.63, 3.8) is 0 Å². The Kier molecular flexibility index (Phi) is 4.90. The van der Waals surface area contributed by atoms with Gasteiger partial charge in [0.15, 0.2) is 11.7 Å². The third-order valence-corrected chi connectivity index (χ3v) is 8.48. The molecule has 180 valence electrons. The van der Waals surface area contributed by atoms with Gasteiger partial charge in [0.2, 0.25) is 0 Å². The summed E-state index contributed by atoms with van der Waals surface area (Å²) in [6, 6.07) is 0. The average Bonchev–Trinajstić information content (AvgIpc) is 3.56. The van der Waals surface area contributed by atoms with E-state index in [1.807, 2.05) is 34.6 Å². The van der Waals surface area contributed by atoms with Crippen LogP contribution in [-0.2, 0) is 38.1 Å².